The van der Waals surface area contributed by atoms with E-state index in [-0.39, 0.29) is 5.56 Å². The molecule has 3 N–H and O–H groups in total. The summed E-state index contributed by atoms with van der Waals surface area (Å²) in [6, 6.07) is 1.33. The van der Waals surface area contributed by atoms with E-state index < -0.39 is 29.0 Å². The summed E-state index contributed by atoms with van der Waals surface area (Å²) in [5, 5.41) is 28.1. The van der Waals surface area contributed by atoms with Gasteiger partial charge in [-0.05, 0) is 42.9 Å². The first-order valence-corrected chi connectivity index (χ1v) is 7.73. The summed E-state index contributed by atoms with van der Waals surface area (Å²) >= 11 is 0. The van der Waals surface area contributed by atoms with Gasteiger partial charge in [0.15, 0.2) is 0 Å². The van der Waals surface area contributed by atoms with Gasteiger partial charge in [0.1, 0.15) is 0 Å². The third-order valence-corrected chi connectivity index (χ3v) is 3.77. The van der Waals surface area contributed by atoms with Crippen molar-refractivity contribution in [3.63, 3.8) is 0 Å². The molecule has 6 heteroatoms. The maximum atomic E-state index is 11.7. The first-order valence-electron chi connectivity index (χ1n) is 7.73. The number of hydrogen-bond donors (Lipinski definition) is 3. The molecule has 0 saturated carbocycles. The molecule has 1 aromatic carbocycles. The van der Waals surface area contributed by atoms with Gasteiger partial charge in [-0.1, -0.05) is 26.7 Å². The van der Waals surface area contributed by atoms with Crippen LogP contribution >= 0.6 is 0 Å². The van der Waals surface area contributed by atoms with Gasteiger partial charge in [0.25, 0.3) is 0 Å². The standard InChI is InChI=1S/C17H22O6/c1-3-5-7-10-9-12(15(18)19)14(17(22)23)13(16(20)21)11(10)8-6-4-2/h9H,3-8H2,1-2H3,(H,18,19)(H,20,21)(H,22,23). The average molecular weight is 322 g/mol. The normalized spacial score (nSPS) is 10.5. The van der Waals surface area contributed by atoms with Gasteiger partial charge in [0.05, 0.1) is 16.7 Å². The number of hydrogen-bond acceptors (Lipinski definition) is 3. The van der Waals surface area contributed by atoms with Gasteiger partial charge >= 0.3 is 17.9 Å². The maximum Gasteiger partial charge on any atom is 0.337 e. The van der Waals surface area contributed by atoms with Crippen LogP contribution in [0.25, 0.3) is 0 Å². The molecule has 0 unspecified atom stereocenters. The van der Waals surface area contributed by atoms with Crippen LogP contribution in [0, 0.1) is 0 Å². The highest BCUT2D eigenvalue weighted by atomic mass is 16.4. The van der Waals surface area contributed by atoms with Crippen molar-refractivity contribution in [1.82, 2.24) is 0 Å². The molecule has 0 amide bonds. The first kappa shape index (κ1) is 18.7. The largest absolute Gasteiger partial charge is 0.478 e. The van der Waals surface area contributed by atoms with Crippen LogP contribution in [-0.2, 0) is 12.8 Å². The van der Waals surface area contributed by atoms with E-state index in [9.17, 15) is 29.7 Å². The molecule has 0 saturated heterocycles. The zero-order valence-electron chi connectivity index (χ0n) is 13.4. The molecular weight excluding hydrogens is 300 g/mol. The van der Waals surface area contributed by atoms with E-state index in [4.69, 9.17) is 0 Å². The fourth-order valence-electron chi connectivity index (χ4n) is 2.64. The van der Waals surface area contributed by atoms with Gasteiger partial charge in [-0.3, -0.25) is 0 Å². The Kier molecular flexibility index (Phi) is 6.75. The first-order chi connectivity index (χ1) is 10.8. The molecule has 0 atom stereocenters. The molecule has 1 rings (SSSR count). The number of aromatic carboxylic acids is 3. The molecule has 0 radical (unpaired) electrons. The molecule has 126 valence electrons. The van der Waals surface area contributed by atoms with E-state index in [2.05, 4.69) is 0 Å². The molecule has 0 aliphatic heterocycles. The average Bonchev–Trinajstić information content (AvgIpc) is 2.49. The van der Waals surface area contributed by atoms with Crippen LogP contribution in [-0.4, -0.2) is 33.2 Å². The van der Waals surface area contributed by atoms with Crippen LogP contribution in [0.3, 0.4) is 0 Å². The van der Waals surface area contributed by atoms with Crippen molar-refractivity contribution >= 4 is 17.9 Å². The lowest BCUT2D eigenvalue weighted by atomic mass is 9.87. The second kappa shape index (κ2) is 8.31. The Labute approximate surface area is 134 Å². The van der Waals surface area contributed by atoms with E-state index in [1.807, 2.05) is 13.8 Å². The smallest absolute Gasteiger partial charge is 0.337 e. The third-order valence-electron chi connectivity index (χ3n) is 3.77. The Balaban J connectivity index is 3.72. The zero-order valence-corrected chi connectivity index (χ0v) is 13.4. The summed E-state index contributed by atoms with van der Waals surface area (Å²) in [6.07, 6.45) is 4.16. The molecule has 0 heterocycles. The molecule has 0 fully saturated rings. The predicted octanol–water partition coefficient (Wildman–Crippen LogP) is 3.47. The maximum absolute atomic E-state index is 11.7. The number of rotatable bonds is 9. The Morgan fingerprint density at radius 2 is 1.35 bits per heavy atom. The molecule has 0 aromatic heterocycles. The van der Waals surface area contributed by atoms with Crippen molar-refractivity contribution in [2.75, 3.05) is 0 Å². The number of carbonyl (C=O) groups is 3. The van der Waals surface area contributed by atoms with E-state index in [0.717, 1.165) is 19.3 Å². The number of benzene rings is 1. The van der Waals surface area contributed by atoms with Crippen LogP contribution in [0.15, 0.2) is 6.07 Å². The van der Waals surface area contributed by atoms with Crippen LogP contribution in [0.4, 0.5) is 0 Å². The van der Waals surface area contributed by atoms with E-state index in [1.54, 1.807) is 0 Å². The molecule has 0 spiro atoms. The van der Waals surface area contributed by atoms with Crippen LogP contribution in [0.5, 0.6) is 0 Å². The topological polar surface area (TPSA) is 112 Å². The summed E-state index contributed by atoms with van der Waals surface area (Å²) < 4.78 is 0. The number of carboxylic acids is 3. The van der Waals surface area contributed by atoms with Crippen molar-refractivity contribution in [1.29, 1.82) is 0 Å². The van der Waals surface area contributed by atoms with E-state index in [0.29, 0.717) is 30.4 Å². The van der Waals surface area contributed by atoms with Gasteiger partial charge in [0, 0.05) is 0 Å². The van der Waals surface area contributed by atoms with Crippen molar-refractivity contribution in [2.45, 2.75) is 52.4 Å². The molecule has 0 bridgehead atoms. The molecular formula is C17H22O6. The fourth-order valence-corrected chi connectivity index (χ4v) is 2.64. The van der Waals surface area contributed by atoms with E-state index >= 15 is 0 Å². The lowest BCUT2D eigenvalue weighted by molar-refractivity contribution is 0.0632. The van der Waals surface area contributed by atoms with Gasteiger partial charge in [-0.15, -0.1) is 0 Å². The highest BCUT2D eigenvalue weighted by Crippen LogP contribution is 2.27. The van der Waals surface area contributed by atoms with Crippen LogP contribution in [0.2, 0.25) is 0 Å². The van der Waals surface area contributed by atoms with Crippen molar-refractivity contribution < 1.29 is 29.7 Å². The Hall–Kier alpha value is -2.37. The second-order valence-electron chi connectivity index (χ2n) is 5.43. The van der Waals surface area contributed by atoms with Crippen molar-refractivity contribution in [3.05, 3.63) is 33.9 Å². The minimum absolute atomic E-state index is 0.378. The minimum Gasteiger partial charge on any atom is -0.478 e. The quantitative estimate of drug-likeness (QED) is 0.642. The summed E-state index contributed by atoms with van der Waals surface area (Å²) in [4.78, 5) is 34.5. The molecule has 0 aliphatic carbocycles. The second-order valence-corrected chi connectivity index (χ2v) is 5.43. The summed E-state index contributed by atoms with van der Waals surface area (Å²) in [6.45, 7) is 3.93. The highest BCUT2D eigenvalue weighted by molar-refractivity contribution is 6.10. The molecule has 1 aromatic rings. The minimum atomic E-state index is -1.53. The number of unbranched alkanes of at least 4 members (excludes halogenated alkanes) is 2. The number of aryl methyl sites for hydroxylation is 1. The SMILES string of the molecule is CCCCc1cc(C(=O)O)c(C(=O)O)c(C(=O)O)c1CCCC. The molecule has 0 aliphatic rings. The zero-order chi connectivity index (χ0) is 17.6. The Morgan fingerprint density at radius 3 is 1.78 bits per heavy atom. The summed E-state index contributed by atoms with van der Waals surface area (Å²) in [7, 11) is 0. The van der Waals surface area contributed by atoms with Gasteiger partial charge in [0.2, 0.25) is 0 Å². The van der Waals surface area contributed by atoms with Crippen molar-refractivity contribution in [2.24, 2.45) is 0 Å². The lowest BCUT2D eigenvalue weighted by Gasteiger charge is -2.17. The van der Waals surface area contributed by atoms with Crippen LogP contribution < -0.4 is 0 Å². The summed E-state index contributed by atoms with van der Waals surface area (Å²) in [5.41, 5.74) is -0.384. The Bertz CT molecular complexity index is 618. The van der Waals surface area contributed by atoms with Gasteiger partial charge in [-0.25, -0.2) is 14.4 Å². The van der Waals surface area contributed by atoms with Crippen molar-refractivity contribution in [3.8, 4) is 0 Å². The Morgan fingerprint density at radius 1 is 0.826 bits per heavy atom. The monoisotopic (exact) mass is 322 g/mol. The fraction of sp³-hybridized carbons (Fsp3) is 0.471. The predicted molar refractivity (Wildman–Crippen MR) is 84.5 cm³/mol. The van der Waals surface area contributed by atoms with Gasteiger partial charge < -0.3 is 15.3 Å². The molecule has 23 heavy (non-hydrogen) atoms. The number of carboxylic acid groups (broad SMARTS) is 3. The molecule has 6 nitrogen and oxygen atoms in total. The third kappa shape index (κ3) is 4.31. The summed E-state index contributed by atoms with van der Waals surface area (Å²) in [5.74, 6) is -4.35. The van der Waals surface area contributed by atoms with E-state index in [1.165, 1.54) is 6.07 Å². The lowest BCUT2D eigenvalue weighted by Crippen LogP contribution is -2.19. The van der Waals surface area contributed by atoms with Gasteiger partial charge in [-0.2, -0.15) is 0 Å². The van der Waals surface area contributed by atoms with Crippen LogP contribution in [0.1, 0.15) is 81.7 Å². The highest BCUT2D eigenvalue weighted by Gasteiger charge is 2.29.